The molecule has 0 spiro atoms. The topological polar surface area (TPSA) is 58.4 Å². The molecule has 1 amide bonds. The average Bonchev–Trinajstić information content (AvgIpc) is 2.72. The second-order valence-electron chi connectivity index (χ2n) is 5.14. The van der Waals surface area contributed by atoms with Crippen molar-refractivity contribution in [1.82, 2.24) is 5.16 Å². The molecule has 21 heavy (non-hydrogen) atoms. The van der Waals surface area contributed by atoms with Crippen LogP contribution in [0.4, 0.5) is 11.4 Å². The van der Waals surface area contributed by atoms with Gasteiger partial charge in [-0.1, -0.05) is 5.16 Å². The molecule has 0 atom stereocenters. The van der Waals surface area contributed by atoms with Gasteiger partial charge in [0.25, 0.3) is 0 Å². The molecule has 0 fully saturated rings. The number of aryl methyl sites for hydroxylation is 2. The van der Waals surface area contributed by atoms with Crippen molar-refractivity contribution < 1.29 is 9.32 Å². The lowest BCUT2D eigenvalue weighted by Gasteiger charge is -2.15. The molecule has 2 rings (SSSR count). The van der Waals surface area contributed by atoms with Crippen molar-refractivity contribution in [3.8, 4) is 0 Å². The number of halogens is 1. The van der Waals surface area contributed by atoms with Gasteiger partial charge in [0.05, 0.1) is 12.1 Å². The Labute approximate surface area is 128 Å². The molecule has 1 aromatic carbocycles. The molecule has 1 heterocycles. The van der Waals surface area contributed by atoms with Crippen molar-refractivity contribution in [1.29, 1.82) is 0 Å². The van der Waals surface area contributed by atoms with E-state index in [1.165, 1.54) is 0 Å². The van der Waals surface area contributed by atoms with Gasteiger partial charge in [-0.05, 0) is 49.2 Å². The molecule has 0 aliphatic carbocycles. The summed E-state index contributed by atoms with van der Waals surface area (Å²) in [6.07, 6.45) is 0.142. The molecule has 0 saturated carbocycles. The van der Waals surface area contributed by atoms with Crippen LogP contribution in [0.3, 0.4) is 0 Å². The summed E-state index contributed by atoms with van der Waals surface area (Å²) in [5.41, 5.74) is 4.13. The summed E-state index contributed by atoms with van der Waals surface area (Å²) in [6, 6.07) is 5.87. The monoisotopic (exact) mass is 307 g/mol. The van der Waals surface area contributed by atoms with E-state index in [9.17, 15) is 4.79 Å². The maximum atomic E-state index is 12.1. The number of hydrogen-bond acceptors (Lipinski definition) is 4. The Kier molecular flexibility index (Phi) is 4.53. The summed E-state index contributed by atoms with van der Waals surface area (Å²) in [7, 11) is 3.95. The van der Waals surface area contributed by atoms with Crippen LogP contribution >= 0.6 is 11.6 Å². The van der Waals surface area contributed by atoms with Crippen molar-refractivity contribution in [2.24, 2.45) is 0 Å². The summed E-state index contributed by atoms with van der Waals surface area (Å²) in [4.78, 5) is 14.1. The zero-order chi connectivity index (χ0) is 15.6. The number of amides is 1. The summed E-state index contributed by atoms with van der Waals surface area (Å²) in [6.45, 7) is 3.72. The minimum Gasteiger partial charge on any atom is -0.378 e. The summed E-state index contributed by atoms with van der Waals surface area (Å²) in [5, 5.41) is 6.78. The van der Waals surface area contributed by atoms with Crippen molar-refractivity contribution in [3.63, 3.8) is 0 Å². The van der Waals surface area contributed by atoms with Crippen LogP contribution in [-0.2, 0) is 11.2 Å². The van der Waals surface area contributed by atoms with Gasteiger partial charge in [-0.15, -0.1) is 0 Å². The SMILES string of the molecule is Cc1cc(N(C)C)ccc1NC(=O)Cc1c(C)noc1Cl. The van der Waals surface area contributed by atoms with Crippen LogP contribution in [0.15, 0.2) is 22.7 Å². The number of aromatic nitrogens is 1. The Morgan fingerprint density at radius 2 is 2.10 bits per heavy atom. The molecule has 2 aromatic rings. The first-order valence-electron chi connectivity index (χ1n) is 6.57. The molecule has 1 N–H and O–H groups in total. The lowest BCUT2D eigenvalue weighted by Crippen LogP contribution is -2.16. The van der Waals surface area contributed by atoms with E-state index in [2.05, 4.69) is 10.5 Å². The molecule has 0 radical (unpaired) electrons. The van der Waals surface area contributed by atoms with Crippen molar-refractivity contribution in [2.45, 2.75) is 20.3 Å². The molecule has 112 valence electrons. The Balaban J connectivity index is 2.10. The van der Waals surface area contributed by atoms with Crippen molar-refractivity contribution in [3.05, 3.63) is 40.2 Å². The van der Waals surface area contributed by atoms with Gasteiger partial charge in [0.1, 0.15) is 0 Å². The van der Waals surface area contributed by atoms with E-state index in [0.717, 1.165) is 16.9 Å². The van der Waals surface area contributed by atoms with E-state index >= 15 is 0 Å². The maximum absolute atomic E-state index is 12.1. The fraction of sp³-hybridized carbons (Fsp3) is 0.333. The van der Waals surface area contributed by atoms with Crippen LogP contribution < -0.4 is 10.2 Å². The standard InChI is InChI=1S/C15H18ClN3O2/c1-9-7-11(19(3)4)5-6-13(9)17-14(20)8-12-10(2)18-21-15(12)16/h5-7H,8H2,1-4H3,(H,17,20). The number of rotatable bonds is 4. The van der Waals surface area contributed by atoms with Crippen LogP contribution in [0.5, 0.6) is 0 Å². The lowest BCUT2D eigenvalue weighted by atomic mass is 10.1. The molecule has 0 saturated heterocycles. The zero-order valence-electron chi connectivity index (χ0n) is 12.5. The highest BCUT2D eigenvalue weighted by atomic mass is 35.5. The molecule has 6 heteroatoms. The number of anilines is 2. The molecule has 0 bridgehead atoms. The van der Waals surface area contributed by atoms with Crippen LogP contribution in [0, 0.1) is 13.8 Å². The third-order valence-electron chi connectivity index (χ3n) is 3.27. The third kappa shape index (κ3) is 3.55. The first-order valence-corrected chi connectivity index (χ1v) is 6.94. The van der Waals surface area contributed by atoms with Crippen LogP contribution in [0.25, 0.3) is 0 Å². The largest absolute Gasteiger partial charge is 0.378 e. The van der Waals surface area contributed by atoms with Crippen molar-refractivity contribution in [2.75, 3.05) is 24.3 Å². The highest BCUT2D eigenvalue weighted by molar-refractivity contribution is 6.29. The number of nitrogens with zero attached hydrogens (tertiary/aromatic N) is 2. The predicted octanol–water partition coefficient (Wildman–Crippen LogP) is 3.19. The van der Waals surface area contributed by atoms with Gasteiger partial charge in [-0.25, -0.2) is 0 Å². The van der Waals surface area contributed by atoms with Gasteiger partial charge in [0.2, 0.25) is 11.1 Å². The number of nitrogens with one attached hydrogen (secondary N) is 1. The van der Waals surface area contributed by atoms with E-state index in [0.29, 0.717) is 11.3 Å². The van der Waals surface area contributed by atoms with Crippen LogP contribution in [-0.4, -0.2) is 25.2 Å². The minimum atomic E-state index is -0.149. The van der Waals surface area contributed by atoms with Gasteiger partial charge in [0.15, 0.2) is 0 Å². The number of benzene rings is 1. The van der Waals surface area contributed by atoms with Crippen molar-refractivity contribution >= 4 is 28.9 Å². The van der Waals surface area contributed by atoms with Gasteiger partial charge in [-0.2, -0.15) is 0 Å². The summed E-state index contributed by atoms with van der Waals surface area (Å²) >= 11 is 5.86. The second-order valence-corrected chi connectivity index (χ2v) is 5.48. The molecule has 0 unspecified atom stereocenters. The summed E-state index contributed by atoms with van der Waals surface area (Å²) in [5.74, 6) is -0.149. The first-order chi connectivity index (χ1) is 9.88. The Morgan fingerprint density at radius 3 is 2.62 bits per heavy atom. The van der Waals surface area contributed by atoms with E-state index in [1.54, 1.807) is 6.92 Å². The molecular formula is C15H18ClN3O2. The average molecular weight is 308 g/mol. The van der Waals surface area contributed by atoms with E-state index in [1.807, 2.05) is 44.1 Å². The molecule has 0 aliphatic heterocycles. The first kappa shape index (κ1) is 15.4. The van der Waals surface area contributed by atoms with Gasteiger partial charge in [-0.3, -0.25) is 4.79 Å². The minimum absolute atomic E-state index is 0.142. The molecule has 1 aromatic heterocycles. The molecule has 0 aliphatic rings. The maximum Gasteiger partial charge on any atom is 0.229 e. The fourth-order valence-electron chi connectivity index (χ4n) is 1.98. The zero-order valence-corrected chi connectivity index (χ0v) is 13.3. The number of carbonyl (C=O) groups excluding carboxylic acids is 1. The quantitative estimate of drug-likeness (QED) is 0.942. The highest BCUT2D eigenvalue weighted by Crippen LogP contribution is 2.23. The van der Waals surface area contributed by atoms with E-state index in [-0.39, 0.29) is 17.5 Å². The normalized spacial score (nSPS) is 10.5. The van der Waals surface area contributed by atoms with Gasteiger partial charge in [0, 0.05) is 31.0 Å². The highest BCUT2D eigenvalue weighted by Gasteiger charge is 2.15. The Hall–Kier alpha value is -2.01. The number of hydrogen-bond donors (Lipinski definition) is 1. The van der Waals surface area contributed by atoms with E-state index < -0.39 is 0 Å². The molecule has 5 nitrogen and oxygen atoms in total. The number of carbonyl (C=O) groups is 1. The van der Waals surface area contributed by atoms with Crippen LogP contribution in [0.1, 0.15) is 16.8 Å². The molecular weight excluding hydrogens is 290 g/mol. The van der Waals surface area contributed by atoms with Crippen LogP contribution in [0.2, 0.25) is 5.22 Å². The van der Waals surface area contributed by atoms with Gasteiger partial charge >= 0.3 is 0 Å². The van der Waals surface area contributed by atoms with E-state index in [4.69, 9.17) is 16.1 Å². The second kappa shape index (κ2) is 6.18. The van der Waals surface area contributed by atoms with Gasteiger partial charge < -0.3 is 14.7 Å². The Bertz CT molecular complexity index is 645. The summed E-state index contributed by atoms with van der Waals surface area (Å²) < 4.78 is 4.84. The lowest BCUT2D eigenvalue weighted by molar-refractivity contribution is -0.115. The predicted molar refractivity (Wildman–Crippen MR) is 84.1 cm³/mol. The fourth-order valence-corrected chi connectivity index (χ4v) is 2.22. The Morgan fingerprint density at radius 1 is 1.38 bits per heavy atom. The smallest absolute Gasteiger partial charge is 0.229 e. The third-order valence-corrected chi connectivity index (χ3v) is 3.57.